The highest BCUT2D eigenvalue weighted by Gasteiger charge is 2.21. The molecular weight excluding hydrogens is 412 g/mol. The van der Waals surface area contributed by atoms with E-state index in [1.807, 2.05) is 42.5 Å². The Morgan fingerprint density at radius 1 is 0.968 bits per heavy atom. The molecule has 4 rings (SSSR count). The van der Waals surface area contributed by atoms with E-state index in [0.717, 1.165) is 49.0 Å². The van der Waals surface area contributed by atoms with Gasteiger partial charge in [-0.3, -0.25) is 9.78 Å². The topological polar surface area (TPSA) is 61.5 Å². The number of aromatic amines is 1. The molecule has 1 N–H and O–H groups in total. The number of halogens is 1. The average molecular weight is 439 g/mol. The van der Waals surface area contributed by atoms with E-state index in [-0.39, 0.29) is 5.56 Å². The second kappa shape index (κ2) is 9.98. The average Bonchev–Trinajstić information content (AvgIpc) is 2.80. The zero-order valence-electron chi connectivity index (χ0n) is 17.7. The lowest BCUT2D eigenvalue weighted by Gasteiger charge is -2.36. The van der Waals surface area contributed by atoms with Gasteiger partial charge < -0.3 is 14.5 Å². The summed E-state index contributed by atoms with van der Waals surface area (Å²) in [5.74, 6) is 0.622. The van der Waals surface area contributed by atoms with Crippen molar-refractivity contribution in [3.8, 4) is 0 Å². The Kier molecular flexibility index (Phi) is 6.89. The first kappa shape index (κ1) is 21.4. The minimum atomic E-state index is -0.0758. The molecule has 6 nitrogen and oxygen atoms in total. The van der Waals surface area contributed by atoms with Crippen LogP contribution in [0, 0.1) is 0 Å². The van der Waals surface area contributed by atoms with Crippen molar-refractivity contribution >= 4 is 23.2 Å². The molecule has 162 valence electrons. The fourth-order valence-electron chi connectivity index (χ4n) is 3.94. The van der Waals surface area contributed by atoms with Gasteiger partial charge in [0.15, 0.2) is 0 Å². The van der Waals surface area contributed by atoms with Crippen LogP contribution in [0.2, 0.25) is 5.02 Å². The van der Waals surface area contributed by atoms with Crippen molar-refractivity contribution in [2.24, 2.45) is 0 Å². The first-order chi connectivity index (χ1) is 15.1. The van der Waals surface area contributed by atoms with Gasteiger partial charge in [0, 0.05) is 49.6 Å². The summed E-state index contributed by atoms with van der Waals surface area (Å²) in [5.41, 5.74) is 3.70. The molecule has 1 aliphatic rings. The molecule has 2 heterocycles. The second-order valence-electron chi connectivity index (χ2n) is 7.68. The van der Waals surface area contributed by atoms with Crippen molar-refractivity contribution in [3.05, 3.63) is 86.8 Å². The summed E-state index contributed by atoms with van der Waals surface area (Å²) in [5, 5.41) is 0.738. The Morgan fingerprint density at radius 2 is 1.65 bits per heavy atom. The predicted octanol–water partition coefficient (Wildman–Crippen LogP) is 3.68. The number of ether oxygens (including phenoxy) is 1. The summed E-state index contributed by atoms with van der Waals surface area (Å²) >= 11 is 6.00. The van der Waals surface area contributed by atoms with E-state index >= 15 is 0 Å². The summed E-state index contributed by atoms with van der Waals surface area (Å²) < 4.78 is 5.35. The van der Waals surface area contributed by atoms with Gasteiger partial charge in [-0.25, -0.2) is 4.98 Å². The SMILES string of the molecule is COCc1nc(N2CCN(c3ccc(Cl)cc3)CC2)[nH]c(=O)c1CCc1ccccc1. The quantitative estimate of drug-likeness (QED) is 0.609. The zero-order chi connectivity index (χ0) is 21.6. The van der Waals surface area contributed by atoms with Crippen molar-refractivity contribution in [1.82, 2.24) is 9.97 Å². The van der Waals surface area contributed by atoms with Gasteiger partial charge in [0.2, 0.25) is 5.95 Å². The van der Waals surface area contributed by atoms with Crippen molar-refractivity contribution in [1.29, 1.82) is 0 Å². The molecule has 1 fully saturated rings. The van der Waals surface area contributed by atoms with Gasteiger partial charge in [-0.2, -0.15) is 0 Å². The van der Waals surface area contributed by atoms with Gasteiger partial charge in [-0.05, 0) is 42.7 Å². The molecule has 3 aromatic rings. The largest absolute Gasteiger partial charge is 0.378 e. The van der Waals surface area contributed by atoms with Crippen LogP contribution >= 0.6 is 11.6 Å². The summed E-state index contributed by atoms with van der Waals surface area (Å²) in [6, 6.07) is 18.1. The minimum Gasteiger partial charge on any atom is -0.378 e. The number of methoxy groups -OCH3 is 1. The van der Waals surface area contributed by atoms with Crippen LogP contribution in [0.3, 0.4) is 0 Å². The van der Waals surface area contributed by atoms with Gasteiger partial charge in [0.25, 0.3) is 5.56 Å². The molecule has 0 radical (unpaired) electrons. The zero-order valence-corrected chi connectivity index (χ0v) is 18.4. The standard InChI is InChI=1S/C24H27ClN4O2/c1-31-17-22-21(12-7-18-5-3-2-4-6-18)23(30)27-24(26-22)29-15-13-28(14-16-29)20-10-8-19(25)9-11-20/h2-6,8-11H,7,12-17H2,1H3,(H,26,27,30). The number of hydrogen-bond acceptors (Lipinski definition) is 5. The number of anilines is 2. The second-order valence-corrected chi connectivity index (χ2v) is 8.12. The number of aryl methyl sites for hydroxylation is 1. The number of rotatable bonds is 7. The van der Waals surface area contributed by atoms with E-state index in [4.69, 9.17) is 21.3 Å². The molecule has 0 atom stereocenters. The third-order valence-corrected chi connectivity index (χ3v) is 5.90. The van der Waals surface area contributed by atoms with E-state index in [1.54, 1.807) is 7.11 Å². The van der Waals surface area contributed by atoms with Gasteiger partial charge >= 0.3 is 0 Å². The Morgan fingerprint density at radius 3 is 2.32 bits per heavy atom. The van der Waals surface area contributed by atoms with Crippen LogP contribution < -0.4 is 15.4 Å². The molecule has 31 heavy (non-hydrogen) atoms. The molecule has 7 heteroatoms. The predicted molar refractivity (Wildman–Crippen MR) is 125 cm³/mol. The third-order valence-electron chi connectivity index (χ3n) is 5.65. The Hall–Kier alpha value is -2.83. The summed E-state index contributed by atoms with van der Waals surface area (Å²) in [6.07, 6.45) is 1.43. The summed E-state index contributed by atoms with van der Waals surface area (Å²) in [7, 11) is 1.63. The van der Waals surface area contributed by atoms with Crippen molar-refractivity contribution < 1.29 is 4.74 Å². The first-order valence-corrected chi connectivity index (χ1v) is 10.9. The van der Waals surface area contributed by atoms with E-state index in [9.17, 15) is 4.79 Å². The first-order valence-electron chi connectivity index (χ1n) is 10.5. The Bertz CT molecular complexity index is 1050. The molecule has 1 aliphatic heterocycles. The smallest absolute Gasteiger partial charge is 0.255 e. The van der Waals surface area contributed by atoms with Gasteiger partial charge in [-0.1, -0.05) is 41.9 Å². The van der Waals surface area contributed by atoms with Crippen molar-refractivity contribution in [2.45, 2.75) is 19.4 Å². The minimum absolute atomic E-state index is 0.0758. The Labute approximate surface area is 187 Å². The maximum absolute atomic E-state index is 12.9. The van der Waals surface area contributed by atoms with Crippen LogP contribution in [0.15, 0.2) is 59.4 Å². The highest BCUT2D eigenvalue weighted by molar-refractivity contribution is 6.30. The number of H-pyrrole nitrogens is 1. The van der Waals surface area contributed by atoms with Crippen LogP contribution in [0.5, 0.6) is 0 Å². The number of aromatic nitrogens is 2. The number of hydrogen-bond donors (Lipinski definition) is 1. The third kappa shape index (κ3) is 5.27. The van der Waals surface area contributed by atoms with Crippen molar-refractivity contribution in [2.75, 3.05) is 43.1 Å². The van der Waals surface area contributed by atoms with Crippen molar-refractivity contribution in [3.63, 3.8) is 0 Å². The molecule has 0 spiro atoms. The van der Waals surface area contributed by atoms with E-state index in [1.165, 1.54) is 5.56 Å². The van der Waals surface area contributed by atoms with Gasteiger partial charge in [-0.15, -0.1) is 0 Å². The molecule has 0 amide bonds. The lowest BCUT2D eigenvalue weighted by Crippen LogP contribution is -2.47. The maximum atomic E-state index is 12.9. The molecule has 0 saturated carbocycles. The highest BCUT2D eigenvalue weighted by atomic mass is 35.5. The summed E-state index contributed by atoms with van der Waals surface area (Å²) in [6.45, 7) is 3.58. The van der Waals surface area contributed by atoms with Gasteiger partial charge in [0.1, 0.15) is 0 Å². The molecule has 1 aromatic heterocycles. The van der Waals surface area contributed by atoms with Gasteiger partial charge in [0.05, 0.1) is 12.3 Å². The fraction of sp³-hybridized carbons (Fsp3) is 0.333. The van der Waals surface area contributed by atoms with E-state index in [0.29, 0.717) is 24.5 Å². The lowest BCUT2D eigenvalue weighted by molar-refractivity contribution is 0.180. The molecule has 0 aliphatic carbocycles. The van der Waals surface area contributed by atoms with Crippen LogP contribution in [0.25, 0.3) is 0 Å². The molecule has 1 saturated heterocycles. The summed E-state index contributed by atoms with van der Waals surface area (Å²) in [4.78, 5) is 25.2. The fourth-order valence-corrected chi connectivity index (χ4v) is 4.06. The van der Waals surface area contributed by atoms with Crippen LogP contribution in [0.1, 0.15) is 16.8 Å². The molecule has 0 bridgehead atoms. The molecule has 0 unspecified atom stereocenters. The van der Waals surface area contributed by atoms with Crippen LogP contribution in [0.4, 0.5) is 11.6 Å². The monoisotopic (exact) mass is 438 g/mol. The van der Waals surface area contributed by atoms with E-state index in [2.05, 4.69) is 26.9 Å². The highest BCUT2D eigenvalue weighted by Crippen LogP contribution is 2.21. The Balaban J connectivity index is 1.47. The molecule has 2 aromatic carbocycles. The van der Waals surface area contributed by atoms with E-state index < -0.39 is 0 Å². The maximum Gasteiger partial charge on any atom is 0.255 e. The normalized spacial score (nSPS) is 14.1. The molecular formula is C24H27ClN4O2. The number of benzene rings is 2. The van der Waals surface area contributed by atoms with Crippen LogP contribution in [-0.2, 0) is 24.2 Å². The number of nitrogens with zero attached hydrogens (tertiary/aromatic N) is 3. The number of piperazine rings is 1. The van der Waals surface area contributed by atoms with Crippen LogP contribution in [-0.4, -0.2) is 43.3 Å². The number of nitrogens with one attached hydrogen (secondary N) is 1. The lowest BCUT2D eigenvalue weighted by atomic mass is 10.0.